The monoisotopic (exact) mass is 296 g/mol. The molecule has 0 aliphatic heterocycles. The molecule has 2 rings (SSSR count). The SMILES string of the molecule is Cc1ccc(-n2cc(C(F)(F)F)cn2)c(/C=C/C(=O)O)c1. The standard InChI is InChI=1S/C14H11F3N2O2/c1-9-2-4-12(10(6-9)3-5-13(20)21)19-8-11(7-18-19)14(15,16)17/h2-8H,1H3,(H,20,21)/b5-3+. The smallest absolute Gasteiger partial charge is 0.419 e. The summed E-state index contributed by atoms with van der Waals surface area (Å²) >= 11 is 0. The minimum absolute atomic E-state index is 0.369. The fraction of sp³-hybridized carbons (Fsp3) is 0.143. The quantitative estimate of drug-likeness (QED) is 0.884. The van der Waals surface area contributed by atoms with Gasteiger partial charge in [0.05, 0.1) is 17.4 Å². The maximum Gasteiger partial charge on any atom is 0.419 e. The van der Waals surface area contributed by atoms with E-state index < -0.39 is 17.7 Å². The van der Waals surface area contributed by atoms with E-state index in [-0.39, 0.29) is 0 Å². The average molecular weight is 296 g/mol. The van der Waals surface area contributed by atoms with Crippen LogP contribution < -0.4 is 0 Å². The van der Waals surface area contributed by atoms with Crippen molar-refractivity contribution < 1.29 is 23.1 Å². The summed E-state index contributed by atoms with van der Waals surface area (Å²) < 4.78 is 38.8. The number of aliphatic carboxylic acids is 1. The highest BCUT2D eigenvalue weighted by molar-refractivity contribution is 5.86. The molecule has 21 heavy (non-hydrogen) atoms. The van der Waals surface area contributed by atoms with Crippen molar-refractivity contribution in [3.05, 3.63) is 53.4 Å². The van der Waals surface area contributed by atoms with Crippen molar-refractivity contribution in [1.29, 1.82) is 0 Å². The third-order valence-corrected chi connectivity index (χ3v) is 2.75. The number of carboxylic acids is 1. The molecule has 1 aromatic heterocycles. The number of carbonyl (C=O) groups is 1. The van der Waals surface area contributed by atoms with E-state index in [0.29, 0.717) is 11.3 Å². The van der Waals surface area contributed by atoms with Gasteiger partial charge in [-0.05, 0) is 25.1 Å². The molecule has 0 fully saturated rings. The Morgan fingerprint density at radius 3 is 2.67 bits per heavy atom. The van der Waals surface area contributed by atoms with Crippen molar-refractivity contribution >= 4 is 12.0 Å². The number of alkyl halides is 3. The lowest BCUT2D eigenvalue weighted by Crippen LogP contribution is -2.03. The van der Waals surface area contributed by atoms with Crippen LogP contribution in [0.5, 0.6) is 0 Å². The van der Waals surface area contributed by atoms with Gasteiger partial charge < -0.3 is 5.11 Å². The zero-order chi connectivity index (χ0) is 15.6. The number of nitrogens with zero attached hydrogens (tertiary/aromatic N) is 2. The Bertz CT molecular complexity index is 702. The highest BCUT2D eigenvalue weighted by Gasteiger charge is 2.32. The highest BCUT2D eigenvalue weighted by Crippen LogP contribution is 2.29. The van der Waals surface area contributed by atoms with Crippen LogP contribution in [0.4, 0.5) is 13.2 Å². The van der Waals surface area contributed by atoms with Crippen LogP contribution in [-0.2, 0) is 11.0 Å². The normalized spacial score (nSPS) is 12.0. The number of aromatic nitrogens is 2. The van der Waals surface area contributed by atoms with Crippen molar-refractivity contribution in [3.63, 3.8) is 0 Å². The topological polar surface area (TPSA) is 55.1 Å². The Balaban J connectivity index is 2.48. The van der Waals surface area contributed by atoms with Crippen LogP contribution in [0.3, 0.4) is 0 Å². The number of hydrogen-bond donors (Lipinski definition) is 1. The minimum Gasteiger partial charge on any atom is -0.478 e. The lowest BCUT2D eigenvalue weighted by atomic mass is 10.1. The Kier molecular flexibility index (Phi) is 3.84. The predicted octanol–water partition coefficient (Wildman–Crippen LogP) is 3.30. The summed E-state index contributed by atoms with van der Waals surface area (Å²) in [6.45, 7) is 1.80. The molecule has 0 spiro atoms. The van der Waals surface area contributed by atoms with Gasteiger partial charge in [0.2, 0.25) is 0 Å². The van der Waals surface area contributed by atoms with Crippen LogP contribution in [0.2, 0.25) is 0 Å². The van der Waals surface area contributed by atoms with Crippen LogP contribution in [0, 0.1) is 6.92 Å². The van der Waals surface area contributed by atoms with E-state index in [1.807, 2.05) is 0 Å². The third kappa shape index (κ3) is 3.50. The summed E-state index contributed by atoms with van der Waals surface area (Å²) in [7, 11) is 0. The van der Waals surface area contributed by atoms with Crippen LogP contribution in [0.1, 0.15) is 16.7 Å². The first-order chi connectivity index (χ1) is 9.77. The molecule has 0 amide bonds. The van der Waals surface area contributed by atoms with E-state index in [0.717, 1.165) is 28.7 Å². The molecule has 0 aliphatic rings. The van der Waals surface area contributed by atoms with E-state index in [2.05, 4.69) is 5.10 Å². The fourth-order valence-corrected chi connectivity index (χ4v) is 1.78. The summed E-state index contributed by atoms with van der Waals surface area (Å²) in [6, 6.07) is 4.97. The number of halogens is 3. The molecule has 4 nitrogen and oxygen atoms in total. The number of carboxylic acid groups (broad SMARTS) is 1. The second-order valence-electron chi connectivity index (χ2n) is 4.41. The molecule has 0 unspecified atom stereocenters. The molecule has 0 saturated carbocycles. The van der Waals surface area contributed by atoms with Gasteiger partial charge in [-0.15, -0.1) is 0 Å². The number of benzene rings is 1. The van der Waals surface area contributed by atoms with Gasteiger partial charge in [0.15, 0.2) is 0 Å². The first-order valence-corrected chi connectivity index (χ1v) is 5.91. The first-order valence-electron chi connectivity index (χ1n) is 5.91. The summed E-state index contributed by atoms with van der Waals surface area (Å²) in [5.74, 6) is -1.14. The van der Waals surface area contributed by atoms with Gasteiger partial charge in [-0.2, -0.15) is 18.3 Å². The molecule has 110 valence electrons. The number of rotatable bonds is 3. The first kappa shape index (κ1) is 14.8. The average Bonchev–Trinajstić information content (AvgIpc) is 2.85. The zero-order valence-corrected chi connectivity index (χ0v) is 10.9. The largest absolute Gasteiger partial charge is 0.478 e. The molecule has 0 aliphatic carbocycles. The summed E-state index contributed by atoms with van der Waals surface area (Å²) in [6.07, 6.45) is -0.639. The lowest BCUT2D eigenvalue weighted by molar-refractivity contribution is -0.137. The highest BCUT2D eigenvalue weighted by atomic mass is 19.4. The Morgan fingerprint density at radius 2 is 2.10 bits per heavy atom. The Hall–Kier alpha value is -2.57. The van der Waals surface area contributed by atoms with Gasteiger partial charge in [-0.25, -0.2) is 9.48 Å². The Labute approximate surface area is 118 Å². The van der Waals surface area contributed by atoms with Crippen LogP contribution in [0.15, 0.2) is 36.7 Å². The van der Waals surface area contributed by atoms with Crippen molar-refractivity contribution in [2.24, 2.45) is 0 Å². The summed E-state index contributed by atoms with van der Waals surface area (Å²) in [5, 5.41) is 12.3. The van der Waals surface area contributed by atoms with Gasteiger partial charge in [0, 0.05) is 17.8 Å². The van der Waals surface area contributed by atoms with Crippen molar-refractivity contribution in [1.82, 2.24) is 9.78 Å². The minimum atomic E-state index is -4.47. The Morgan fingerprint density at radius 1 is 1.38 bits per heavy atom. The van der Waals surface area contributed by atoms with Gasteiger partial charge in [0.25, 0.3) is 0 Å². The molecule has 0 saturated heterocycles. The predicted molar refractivity (Wildman–Crippen MR) is 70.0 cm³/mol. The van der Waals surface area contributed by atoms with Gasteiger partial charge in [-0.3, -0.25) is 0 Å². The van der Waals surface area contributed by atoms with Gasteiger partial charge >= 0.3 is 12.1 Å². The van der Waals surface area contributed by atoms with E-state index in [9.17, 15) is 18.0 Å². The fourth-order valence-electron chi connectivity index (χ4n) is 1.78. The molecule has 1 aromatic carbocycles. The van der Waals surface area contributed by atoms with E-state index >= 15 is 0 Å². The van der Waals surface area contributed by atoms with E-state index in [1.165, 1.54) is 6.08 Å². The summed E-state index contributed by atoms with van der Waals surface area (Å²) in [4.78, 5) is 10.6. The van der Waals surface area contributed by atoms with Gasteiger partial charge in [-0.1, -0.05) is 11.6 Å². The second kappa shape index (κ2) is 5.43. The van der Waals surface area contributed by atoms with Crippen molar-refractivity contribution in [2.75, 3.05) is 0 Å². The second-order valence-corrected chi connectivity index (χ2v) is 4.41. The number of aryl methyl sites for hydroxylation is 1. The van der Waals surface area contributed by atoms with Crippen LogP contribution in [-0.4, -0.2) is 20.9 Å². The maximum absolute atomic E-state index is 12.6. The molecule has 2 aromatic rings. The molecular formula is C14H11F3N2O2. The molecule has 1 heterocycles. The molecular weight excluding hydrogens is 285 g/mol. The van der Waals surface area contributed by atoms with Crippen LogP contribution >= 0.6 is 0 Å². The van der Waals surface area contributed by atoms with E-state index in [1.54, 1.807) is 25.1 Å². The van der Waals surface area contributed by atoms with Crippen molar-refractivity contribution in [3.8, 4) is 5.69 Å². The molecule has 0 radical (unpaired) electrons. The third-order valence-electron chi connectivity index (χ3n) is 2.75. The zero-order valence-electron chi connectivity index (χ0n) is 10.9. The summed E-state index contributed by atoms with van der Waals surface area (Å²) in [5.41, 5.74) is 0.825. The molecule has 0 bridgehead atoms. The molecule has 7 heteroatoms. The van der Waals surface area contributed by atoms with Crippen LogP contribution in [0.25, 0.3) is 11.8 Å². The molecule has 0 atom stereocenters. The number of hydrogen-bond acceptors (Lipinski definition) is 2. The van der Waals surface area contributed by atoms with Gasteiger partial charge in [0.1, 0.15) is 0 Å². The lowest BCUT2D eigenvalue weighted by Gasteiger charge is -2.07. The molecule has 1 N–H and O–H groups in total. The van der Waals surface area contributed by atoms with E-state index in [4.69, 9.17) is 5.11 Å². The van der Waals surface area contributed by atoms with Crippen molar-refractivity contribution in [2.45, 2.75) is 13.1 Å². The maximum atomic E-state index is 12.6.